The lowest BCUT2D eigenvalue weighted by Gasteiger charge is -2.03. The second kappa shape index (κ2) is 5.95. The molecule has 1 aliphatic heterocycles. The van der Waals surface area contributed by atoms with Crippen molar-refractivity contribution in [2.75, 3.05) is 0 Å². The van der Waals surface area contributed by atoms with E-state index in [0.717, 1.165) is 5.56 Å². The van der Waals surface area contributed by atoms with Crippen molar-refractivity contribution in [3.8, 4) is 5.75 Å². The van der Waals surface area contributed by atoms with Gasteiger partial charge in [-0.1, -0.05) is 23.4 Å². The van der Waals surface area contributed by atoms with Gasteiger partial charge >= 0.3 is 11.9 Å². The largest absolute Gasteiger partial charge is 0.422 e. The monoisotopic (exact) mass is 313 g/mol. The lowest BCUT2D eigenvalue weighted by molar-refractivity contribution is -0.136. The Hall–Kier alpha value is -2.73. The van der Waals surface area contributed by atoms with Crippen molar-refractivity contribution >= 4 is 35.1 Å². The van der Waals surface area contributed by atoms with Crippen LogP contribution in [0.25, 0.3) is 6.08 Å². The zero-order valence-corrected chi connectivity index (χ0v) is 12.4. The van der Waals surface area contributed by atoms with Crippen LogP contribution in [0.15, 0.2) is 52.5 Å². The molecule has 0 aliphatic carbocycles. The number of benzene rings is 1. The standard InChI is InChI=1S/C16H11NO4S/c1-10-13(15(18)21-17-10)9-11-4-6-12(7-5-11)20-16(19)14-3-2-8-22-14/h2-9H,1H3/b13-9-. The van der Waals surface area contributed by atoms with Crippen LogP contribution >= 0.6 is 11.3 Å². The van der Waals surface area contributed by atoms with E-state index in [1.165, 1.54) is 11.3 Å². The van der Waals surface area contributed by atoms with Crippen molar-refractivity contribution in [2.45, 2.75) is 6.92 Å². The summed E-state index contributed by atoms with van der Waals surface area (Å²) < 4.78 is 5.26. The van der Waals surface area contributed by atoms with Gasteiger partial charge in [0, 0.05) is 0 Å². The molecule has 2 aromatic rings. The van der Waals surface area contributed by atoms with Crippen molar-refractivity contribution in [3.05, 3.63) is 57.8 Å². The first-order valence-electron chi connectivity index (χ1n) is 6.47. The minimum absolute atomic E-state index is 0.386. The third kappa shape index (κ3) is 2.96. The quantitative estimate of drug-likeness (QED) is 0.377. The van der Waals surface area contributed by atoms with Gasteiger partial charge in [-0.3, -0.25) is 0 Å². The predicted octanol–water partition coefficient (Wildman–Crippen LogP) is 3.28. The van der Waals surface area contributed by atoms with Crippen LogP contribution in [0.2, 0.25) is 0 Å². The summed E-state index contributed by atoms with van der Waals surface area (Å²) in [7, 11) is 0. The fourth-order valence-electron chi connectivity index (χ4n) is 1.87. The van der Waals surface area contributed by atoms with Crippen LogP contribution in [0.3, 0.4) is 0 Å². The van der Waals surface area contributed by atoms with E-state index in [9.17, 15) is 9.59 Å². The topological polar surface area (TPSA) is 65.0 Å². The molecule has 3 rings (SSSR count). The van der Waals surface area contributed by atoms with Gasteiger partial charge < -0.3 is 9.57 Å². The Morgan fingerprint density at radius 1 is 1.27 bits per heavy atom. The molecule has 110 valence electrons. The van der Waals surface area contributed by atoms with Gasteiger partial charge in [-0.2, -0.15) is 0 Å². The lowest BCUT2D eigenvalue weighted by atomic mass is 10.1. The van der Waals surface area contributed by atoms with Crippen molar-refractivity contribution < 1.29 is 19.2 Å². The molecule has 1 aromatic carbocycles. The molecule has 6 heteroatoms. The molecule has 0 spiro atoms. The molecule has 1 aliphatic rings. The maximum absolute atomic E-state index is 11.8. The summed E-state index contributed by atoms with van der Waals surface area (Å²) in [6.07, 6.45) is 1.68. The number of carbonyl (C=O) groups excluding carboxylic acids is 2. The summed E-state index contributed by atoms with van der Waals surface area (Å²) in [5.41, 5.74) is 1.75. The van der Waals surface area contributed by atoms with Gasteiger partial charge in [0.2, 0.25) is 0 Å². The number of oxime groups is 1. The lowest BCUT2D eigenvalue weighted by Crippen LogP contribution is -2.06. The average Bonchev–Trinajstić information content (AvgIpc) is 3.15. The van der Waals surface area contributed by atoms with Crippen LogP contribution in [0.4, 0.5) is 0 Å². The molecule has 0 saturated carbocycles. The number of ether oxygens (including phenoxy) is 1. The minimum atomic E-state index is -0.467. The van der Waals surface area contributed by atoms with E-state index in [0.29, 0.717) is 21.9 Å². The van der Waals surface area contributed by atoms with Gasteiger partial charge in [0.05, 0.1) is 11.3 Å². The average molecular weight is 313 g/mol. The molecule has 0 saturated heterocycles. The maximum atomic E-state index is 11.8. The molecule has 5 nitrogen and oxygen atoms in total. The summed E-state index contributed by atoms with van der Waals surface area (Å²) in [4.78, 5) is 28.4. The Morgan fingerprint density at radius 2 is 2.05 bits per heavy atom. The first-order valence-corrected chi connectivity index (χ1v) is 7.35. The highest BCUT2D eigenvalue weighted by Gasteiger charge is 2.21. The predicted molar refractivity (Wildman–Crippen MR) is 82.9 cm³/mol. The Balaban J connectivity index is 1.73. The smallest absolute Gasteiger partial charge is 0.367 e. The second-order valence-corrected chi connectivity index (χ2v) is 5.50. The van der Waals surface area contributed by atoms with Crippen LogP contribution in [0.1, 0.15) is 22.2 Å². The number of thiophene rings is 1. The molecule has 1 aromatic heterocycles. The van der Waals surface area contributed by atoms with E-state index in [-0.39, 0.29) is 5.97 Å². The maximum Gasteiger partial charge on any atom is 0.367 e. The van der Waals surface area contributed by atoms with Gasteiger partial charge in [-0.05, 0) is 42.1 Å². The SMILES string of the molecule is CC1=NOC(=O)/C1=C\c1ccc(OC(=O)c2cccs2)cc1. The van der Waals surface area contributed by atoms with E-state index in [1.54, 1.807) is 49.4 Å². The zero-order chi connectivity index (χ0) is 15.5. The first-order chi connectivity index (χ1) is 10.6. The molecule has 0 radical (unpaired) electrons. The fraction of sp³-hybridized carbons (Fsp3) is 0.0625. The molecule has 2 heterocycles. The number of hydrogen-bond acceptors (Lipinski definition) is 6. The molecule has 0 N–H and O–H groups in total. The molecular formula is C16H11NO4S. The number of carbonyl (C=O) groups is 2. The Kier molecular flexibility index (Phi) is 3.84. The van der Waals surface area contributed by atoms with Crippen LogP contribution in [0.5, 0.6) is 5.75 Å². The number of hydrogen-bond donors (Lipinski definition) is 0. The van der Waals surface area contributed by atoms with E-state index in [4.69, 9.17) is 4.74 Å². The van der Waals surface area contributed by atoms with Crippen molar-refractivity contribution in [2.24, 2.45) is 5.16 Å². The summed E-state index contributed by atoms with van der Waals surface area (Å²) in [5.74, 6) is -0.408. The molecular weight excluding hydrogens is 302 g/mol. The third-order valence-electron chi connectivity index (χ3n) is 3.00. The third-order valence-corrected chi connectivity index (χ3v) is 3.85. The van der Waals surface area contributed by atoms with Crippen LogP contribution in [-0.4, -0.2) is 17.7 Å². The number of rotatable bonds is 3. The summed E-state index contributed by atoms with van der Waals surface area (Å²) >= 11 is 1.33. The van der Waals surface area contributed by atoms with Gasteiger partial charge in [-0.15, -0.1) is 11.3 Å². The minimum Gasteiger partial charge on any atom is -0.422 e. The molecule has 0 amide bonds. The van der Waals surface area contributed by atoms with Gasteiger partial charge in [0.1, 0.15) is 10.6 Å². The summed E-state index contributed by atoms with van der Waals surface area (Å²) in [6.45, 7) is 1.70. The van der Waals surface area contributed by atoms with E-state index in [1.807, 2.05) is 5.38 Å². The molecule has 0 fully saturated rings. The molecule has 22 heavy (non-hydrogen) atoms. The van der Waals surface area contributed by atoms with Gasteiger partial charge in [-0.25, -0.2) is 9.59 Å². The van der Waals surface area contributed by atoms with Crippen LogP contribution in [-0.2, 0) is 9.63 Å². The highest BCUT2D eigenvalue weighted by Crippen LogP contribution is 2.19. The number of nitrogens with zero attached hydrogens (tertiary/aromatic N) is 1. The zero-order valence-electron chi connectivity index (χ0n) is 11.6. The van der Waals surface area contributed by atoms with Crippen LogP contribution < -0.4 is 4.74 Å². The van der Waals surface area contributed by atoms with Crippen molar-refractivity contribution in [3.63, 3.8) is 0 Å². The van der Waals surface area contributed by atoms with Crippen LogP contribution in [0, 0.1) is 0 Å². The van der Waals surface area contributed by atoms with E-state index < -0.39 is 5.97 Å². The van der Waals surface area contributed by atoms with Crippen molar-refractivity contribution in [1.82, 2.24) is 0 Å². The molecule has 0 unspecified atom stereocenters. The highest BCUT2D eigenvalue weighted by atomic mass is 32.1. The Labute approximate surface area is 130 Å². The summed E-state index contributed by atoms with van der Waals surface area (Å²) in [6, 6.07) is 10.3. The van der Waals surface area contributed by atoms with Crippen molar-refractivity contribution in [1.29, 1.82) is 0 Å². The molecule has 0 atom stereocenters. The Bertz CT molecular complexity index is 773. The van der Waals surface area contributed by atoms with E-state index in [2.05, 4.69) is 9.99 Å². The summed E-state index contributed by atoms with van der Waals surface area (Å²) in [5, 5.41) is 5.43. The second-order valence-electron chi connectivity index (χ2n) is 4.55. The first kappa shape index (κ1) is 14.2. The van der Waals surface area contributed by atoms with Gasteiger partial charge in [0.15, 0.2) is 0 Å². The van der Waals surface area contributed by atoms with Gasteiger partial charge in [0.25, 0.3) is 0 Å². The molecule has 0 bridgehead atoms. The highest BCUT2D eigenvalue weighted by molar-refractivity contribution is 7.12. The number of esters is 1. The Morgan fingerprint density at radius 3 is 2.64 bits per heavy atom. The van der Waals surface area contributed by atoms with E-state index >= 15 is 0 Å². The fourth-order valence-corrected chi connectivity index (χ4v) is 2.47. The normalized spacial score (nSPS) is 15.6.